The molecule has 1 aromatic heterocycles. The zero-order valence-electron chi connectivity index (χ0n) is 13.5. The number of anilines is 2. The zero-order chi connectivity index (χ0) is 18.7. The molecule has 1 N–H and O–H groups in total. The summed E-state index contributed by atoms with van der Waals surface area (Å²) < 4.78 is 3.28. The highest BCUT2D eigenvalue weighted by atomic mass is 35.6. The van der Waals surface area contributed by atoms with Crippen LogP contribution in [0, 0.1) is 0 Å². The number of thiazole rings is 1. The molecule has 1 heterocycles. The molecule has 0 bridgehead atoms. The van der Waals surface area contributed by atoms with E-state index in [-0.39, 0.29) is 5.97 Å². The number of nitrogens with one attached hydrogen (secondary N) is 1. The molecule has 8 heteroatoms. The first-order valence-corrected chi connectivity index (χ1v) is 9.47. The summed E-state index contributed by atoms with van der Waals surface area (Å²) in [4.78, 5) is 16.2. The fourth-order valence-corrected chi connectivity index (χ4v) is 3.38. The number of hydrogen-bond acceptors (Lipinski definition) is 5. The van der Waals surface area contributed by atoms with Gasteiger partial charge in [0.05, 0.1) is 18.4 Å². The molecule has 0 radical (unpaired) electrons. The van der Waals surface area contributed by atoms with Gasteiger partial charge in [0.25, 0.3) is 0 Å². The van der Waals surface area contributed by atoms with Gasteiger partial charge in [0.15, 0.2) is 5.13 Å². The highest BCUT2D eigenvalue weighted by molar-refractivity contribution is 7.14. The van der Waals surface area contributed by atoms with Crippen molar-refractivity contribution in [3.63, 3.8) is 0 Å². The lowest BCUT2D eigenvalue weighted by atomic mass is 10.1. The monoisotopic (exact) mass is 426 g/mol. The minimum Gasteiger partial charge on any atom is -0.465 e. The first-order chi connectivity index (χ1) is 12.4. The van der Waals surface area contributed by atoms with E-state index in [0.29, 0.717) is 16.3 Å². The Hall–Kier alpha value is -1.79. The smallest absolute Gasteiger partial charge is 0.337 e. The van der Waals surface area contributed by atoms with E-state index in [0.717, 1.165) is 16.9 Å². The van der Waals surface area contributed by atoms with E-state index in [1.54, 1.807) is 30.3 Å². The van der Waals surface area contributed by atoms with Crippen LogP contribution in [0.15, 0.2) is 53.9 Å². The first-order valence-electron chi connectivity index (χ1n) is 7.45. The van der Waals surface area contributed by atoms with Gasteiger partial charge in [0.2, 0.25) is 3.79 Å². The first kappa shape index (κ1) is 19.0. The van der Waals surface area contributed by atoms with Crippen LogP contribution in [-0.4, -0.2) is 18.1 Å². The highest BCUT2D eigenvalue weighted by Crippen LogP contribution is 2.39. The molecule has 3 aromatic rings. The maximum atomic E-state index is 11.6. The van der Waals surface area contributed by atoms with Gasteiger partial charge in [-0.25, -0.2) is 9.78 Å². The van der Waals surface area contributed by atoms with E-state index in [1.807, 2.05) is 23.6 Å². The molecule has 2 aromatic carbocycles. The number of alkyl halides is 3. The normalized spacial score (nSPS) is 11.2. The Balaban J connectivity index is 1.77. The van der Waals surface area contributed by atoms with Gasteiger partial charge in [-0.05, 0) is 18.2 Å². The molecule has 0 aliphatic carbocycles. The lowest BCUT2D eigenvalue weighted by molar-refractivity contribution is 0.0601. The van der Waals surface area contributed by atoms with Crippen molar-refractivity contribution in [1.82, 2.24) is 4.98 Å². The third kappa shape index (κ3) is 4.48. The summed E-state index contributed by atoms with van der Waals surface area (Å²) in [6, 6.07) is 14.3. The van der Waals surface area contributed by atoms with Crippen molar-refractivity contribution in [2.24, 2.45) is 0 Å². The molecule has 0 saturated heterocycles. The van der Waals surface area contributed by atoms with Crippen LogP contribution in [0.5, 0.6) is 0 Å². The van der Waals surface area contributed by atoms with Crippen LogP contribution in [-0.2, 0) is 8.53 Å². The van der Waals surface area contributed by atoms with Crippen molar-refractivity contribution in [2.75, 3.05) is 12.4 Å². The van der Waals surface area contributed by atoms with Gasteiger partial charge in [-0.15, -0.1) is 11.3 Å². The predicted octanol–water partition coefficient (Wildman–Crippen LogP) is 6.17. The van der Waals surface area contributed by atoms with Gasteiger partial charge >= 0.3 is 5.97 Å². The summed E-state index contributed by atoms with van der Waals surface area (Å²) in [5, 5.41) is 5.81. The van der Waals surface area contributed by atoms with Crippen LogP contribution in [0.2, 0.25) is 0 Å². The summed E-state index contributed by atoms with van der Waals surface area (Å²) in [5.41, 5.74) is 3.53. The fourth-order valence-electron chi connectivity index (χ4n) is 2.26. The molecule has 0 atom stereocenters. The number of benzene rings is 2. The van der Waals surface area contributed by atoms with Gasteiger partial charge in [-0.3, -0.25) is 0 Å². The summed E-state index contributed by atoms with van der Waals surface area (Å²) in [6.07, 6.45) is 0. The van der Waals surface area contributed by atoms with Crippen molar-refractivity contribution < 1.29 is 9.53 Å². The maximum absolute atomic E-state index is 11.6. The summed E-state index contributed by atoms with van der Waals surface area (Å²) >= 11 is 19.1. The average molecular weight is 428 g/mol. The van der Waals surface area contributed by atoms with Crippen LogP contribution in [0.4, 0.5) is 10.8 Å². The highest BCUT2D eigenvalue weighted by Gasteiger charge is 2.22. The van der Waals surface area contributed by atoms with Crippen molar-refractivity contribution in [3.05, 3.63) is 65.0 Å². The number of aromatic nitrogens is 1. The molecule has 0 unspecified atom stereocenters. The molecule has 0 saturated carbocycles. The van der Waals surface area contributed by atoms with E-state index < -0.39 is 3.79 Å². The van der Waals surface area contributed by atoms with Gasteiger partial charge in [0, 0.05) is 22.2 Å². The largest absolute Gasteiger partial charge is 0.465 e. The van der Waals surface area contributed by atoms with Crippen LogP contribution >= 0.6 is 46.1 Å². The molecule has 134 valence electrons. The number of methoxy groups -OCH3 is 1. The van der Waals surface area contributed by atoms with Crippen LogP contribution in [0.25, 0.3) is 11.3 Å². The SMILES string of the molecule is COC(=O)c1cccc(Nc2nc(-c3ccc(C(Cl)(Cl)Cl)cc3)cs2)c1. The quantitative estimate of drug-likeness (QED) is 0.400. The minimum absolute atomic E-state index is 0.387. The Morgan fingerprint density at radius 2 is 1.88 bits per heavy atom. The molecule has 3 rings (SSSR count). The third-order valence-electron chi connectivity index (χ3n) is 3.55. The van der Waals surface area contributed by atoms with Gasteiger partial charge in [-0.1, -0.05) is 65.1 Å². The Morgan fingerprint density at radius 1 is 1.15 bits per heavy atom. The van der Waals surface area contributed by atoms with Crippen molar-refractivity contribution in [2.45, 2.75) is 3.79 Å². The molecule has 0 amide bonds. The predicted molar refractivity (Wildman–Crippen MR) is 108 cm³/mol. The second-order valence-corrected chi connectivity index (χ2v) is 8.45. The molecule has 0 aliphatic heterocycles. The van der Waals surface area contributed by atoms with Gasteiger partial charge in [0.1, 0.15) is 0 Å². The van der Waals surface area contributed by atoms with Crippen LogP contribution in [0.3, 0.4) is 0 Å². The number of halogens is 3. The lowest BCUT2D eigenvalue weighted by Crippen LogP contribution is -2.01. The summed E-state index contributed by atoms with van der Waals surface area (Å²) in [6.45, 7) is 0. The number of esters is 1. The van der Waals surface area contributed by atoms with Crippen molar-refractivity contribution in [1.29, 1.82) is 0 Å². The van der Waals surface area contributed by atoms with Gasteiger partial charge < -0.3 is 10.1 Å². The Bertz CT molecular complexity index is 921. The van der Waals surface area contributed by atoms with E-state index in [9.17, 15) is 4.79 Å². The van der Waals surface area contributed by atoms with E-state index in [2.05, 4.69) is 10.3 Å². The topological polar surface area (TPSA) is 51.2 Å². The molecule has 0 spiro atoms. The number of hydrogen-bond donors (Lipinski definition) is 1. The van der Waals surface area contributed by atoms with E-state index in [4.69, 9.17) is 39.5 Å². The molecule has 0 fully saturated rings. The van der Waals surface area contributed by atoms with Crippen molar-refractivity contribution in [3.8, 4) is 11.3 Å². The molecule has 0 aliphatic rings. The number of carbonyl (C=O) groups excluding carboxylic acids is 1. The average Bonchev–Trinajstić information content (AvgIpc) is 3.09. The number of rotatable bonds is 4. The summed E-state index contributed by atoms with van der Waals surface area (Å²) in [7, 11) is 1.35. The van der Waals surface area contributed by atoms with Crippen molar-refractivity contribution >= 4 is 62.9 Å². The number of ether oxygens (including phenoxy) is 1. The van der Waals surface area contributed by atoms with E-state index >= 15 is 0 Å². The molecule has 26 heavy (non-hydrogen) atoms. The summed E-state index contributed by atoms with van der Waals surface area (Å²) in [5.74, 6) is -0.387. The molecular weight excluding hydrogens is 415 g/mol. The Labute approximate surface area is 169 Å². The standard InChI is InChI=1S/C18H13Cl3N2O2S/c1-25-16(24)12-3-2-4-14(9-12)22-17-23-15(10-26-17)11-5-7-13(8-6-11)18(19,20)21/h2-10H,1H3,(H,22,23). The second kappa shape index (κ2) is 7.84. The zero-order valence-corrected chi connectivity index (χ0v) is 16.6. The second-order valence-electron chi connectivity index (χ2n) is 5.31. The number of nitrogens with zero attached hydrogens (tertiary/aromatic N) is 1. The Kier molecular flexibility index (Phi) is 5.73. The molecular formula is C18H13Cl3N2O2S. The number of carbonyl (C=O) groups is 1. The van der Waals surface area contributed by atoms with Crippen LogP contribution in [0.1, 0.15) is 15.9 Å². The Morgan fingerprint density at radius 3 is 2.54 bits per heavy atom. The van der Waals surface area contributed by atoms with Crippen LogP contribution < -0.4 is 5.32 Å². The third-order valence-corrected chi connectivity index (χ3v) is 4.96. The van der Waals surface area contributed by atoms with Gasteiger partial charge in [-0.2, -0.15) is 0 Å². The lowest BCUT2D eigenvalue weighted by Gasteiger charge is -2.11. The fraction of sp³-hybridized carbons (Fsp3) is 0.111. The molecule has 4 nitrogen and oxygen atoms in total. The van der Waals surface area contributed by atoms with E-state index in [1.165, 1.54) is 18.4 Å². The maximum Gasteiger partial charge on any atom is 0.337 e. The minimum atomic E-state index is -1.45.